The molecule has 0 saturated carbocycles. The van der Waals surface area contributed by atoms with Gasteiger partial charge in [0.2, 0.25) is 0 Å². The average molecular weight is 415 g/mol. The summed E-state index contributed by atoms with van der Waals surface area (Å²) in [5.41, 5.74) is 4.76. The van der Waals surface area contributed by atoms with Crippen LogP contribution < -0.4 is 10.6 Å². The van der Waals surface area contributed by atoms with Crippen LogP contribution in [0.15, 0.2) is 53.4 Å². The molecule has 1 amide bonds. The van der Waals surface area contributed by atoms with E-state index >= 15 is 0 Å². The number of aromatic nitrogens is 2. The number of amides is 1. The van der Waals surface area contributed by atoms with Crippen molar-refractivity contribution in [3.05, 3.63) is 69.6 Å². The van der Waals surface area contributed by atoms with Crippen LogP contribution in [0.4, 0.5) is 10.8 Å². The maximum atomic E-state index is 12.1. The second kappa shape index (κ2) is 7.64. The molecule has 2 N–H and O–H groups in total. The number of hydrogen-bond donors (Lipinski definition) is 2. The SMILES string of the molecule is CC(Nc1nc2ccc(NC(=O)c3cscn3)cc2s1)c1cccc(Cl)c1. The average Bonchev–Trinajstić information content (AvgIpc) is 3.30. The molecule has 4 aromatic rings. The maximum absolute atomic E-state index is 12.1. The molecule has 0 aliphatic heterocycles. The number of nitrogens with zero attached hydrogens (tertiary/aromatic N) is 2. The lowest BCUT2D eigenvalue weighted by atomic mass is 10.1. The molecule has 0 fully saturated rings. The summed E-state index contributed by atoms with van der Waals surface area (Å²) in [5, 5.41) is 9.53. The normalized spacial score (nSPS) is 12.1. The number of benzene rings is 2. The zero-order valence-corrected chi connectivity index (χ0v) is 16.7. The summed E-state index contributed by atoms with van der Waals surface area (Å²) in [4.78, 5) is 20.8. The number of halogens is 1. The zero-order valence-electron chi connectivity index (χ0n) is 14.3. The molecule has 5 nitrogen and oxygen atoms in total. The zero-order chi connectivity index (χ0) is 18.8. The smallest absolute Gasteiger partial charge is 0.275 e. The predicted octanol–water partition coefficient (Wildman–Crippen LogP) is 5.83. The molecule has 2 aromatic carbocycles. The quantitative estimate of drug-likeness (QED) is 0.431. The fourth-order valence-electron chi connectivity index (χ4n) is 2.63. The summed E-state index contributed by atoms with van der Waals surface area (Å²) in [6, 6.07) is 13.5. The highest BCUT2D eigenvalue weighted by atomic mass is 35.5. The minimum atomic E-state index is -0.215. The molecule has 136 valence electrons. The van der Waals surface area contributed by atoms with Gasteiger partial charge in [0.1, 0.15) is 5.69 Å². The van der Waals surface area contributed by atoms with Crippen LogP contribution in [-0.2, 0) is 0 Å². The number of hydrogen-bond acceptors (Lipinski definition) is 6. The molecule has 0 aliphatic carbocycles. The summed E-state index contributed by atoms with van der Waals surface area (Å²) < 4.78 is 0.992. The molecule has 1 unspecified atom stereocenters. The van der Waals surface area contributed by atoms with Gasteiger partial charge >= 0.3 is 0 Å². The van der Waals surface area contributed by atoms with Gasteiger partial charge in [0.15, 0.2) is 5.13 Å². The summed E-state index contributed by atoms with van der Waals surface area (Å²) in [6.45, 7) is 2.07. The summed E-state index contributed by atoms with van der Waals surface area (Å²) >= 11 is 9.01. The summed E-state index contributed by atoms with van der Waals surface area (Å²) in [7, 11) is 0. The van der Waals surface area contributed by atoms with E-state index in [1.807, 2.05) is 42.5 Å². The molecule has 0 bridgehead atoms. The van der Waals surface area contributed by atoms with E-state index in [-0.39, 0.29) is 11.9 Å². The molecular formula is C19H15ClN4OS2. The molecule has 0 radical (unpaired) electrons. The third kappa shape index (κ3) is 4.10. The number of thiazole rings is 2. The van der Waals surface area contributed by atoms with Crippen molar-refractivity contribution in [3.8, 4) is 0 Å². The Hall–Kier alpha value is -2.48. The third-order valence-corrected chi connectivity index (χ3v) is 5.77. The molecule has 0 saturated heterocycles. The molecular weight excluding hydrogens is 400 g/mol. The Morgan fingerprint density at radius 3 is 2.89 bits per heavy atom. The van der Waals surface area contributed by atoms with Crippen LogP contribution in [0.5, 0.6) is 0 Å². The number of rotatable bonds is 5. The fraction of sp³-hybridized carbons (Fsp3) is 0.105. The highest BCUT2D eigenvalue weighted by molar-refractivity contribution is 7.22. The van der Waals surface area contributed by atoms with Gasteiger partial charge in [-0.2, -0.15) is 0 Å². The van der Waals surface area contributed by atoms with Crippen LogP contribution in [-0.4, -0.2) is 15.9 Å². The van der Waals surface area contributed by atoms with Gasteiger partial charge in [-0.05, 0) is 42.8 Å². The van der Waals surface area contributed by atoms with Crippen LogP contribution in [0.1, 0.15) is 29.0 Å². The van der Waals surface area contributed by atoms with E-state index < -0.39 is 0 Å². The van der Waals surface area contributed by atoms with Crippen molar-refractivity contribution in [1.29, 1.82) is 0 Å². The van der Waals surface area contributed by atoms with E-state index in [1.165, 1.54) is 11.3 Å². The predicted molar refractivity (Wildman–Crippen MR) is 113 cm³/mol. The number of carbonyl (C=O) groups excluding carboxylic acids is 1. The van der Waals surface area contributed by atoms with Gasteiger partial charge in [-0.3, -0.25) is 4.79 Å². The Balaban J connectivity index is 1.51. The molecule has 0 spiro atoms. The van der Waals surface area contributed by atoms with Crippen molar-refractivity contribution in [1.82, 2.24) is 9.97 Å². The van der Waals surface area contributed by atoms with Gasteiger partial charge in [0.05, 0.1) is 21.8 Å². The van der Waals surface area contributed by atoms with Crippen molar-refractivity contribution < 1.29 is 4.79 Å². The molecule has 1 atom stereocenters. The first-order chi connectivity index (χ1) is 13.1. The van der Waals surface area contributed by atoms with Gasteiger partial charge < -0.3 is 10.6 Å². The van der Waals surface area contributed by atoms with E-state index in [0.717, 1.165) is 26.6 Å². The number of nitrogens with one attached hydrogen (secondary N) is 2. The van der Waals surface area contributed by atoms with Crippen LogP contribution >= 0.6 is 34.3 Å². The molecule has 2 heterocycles. The lowest BCUT2D eigenvalue weighted by molar-refractivity contribution is 0.102. The lowest BCUT2D eigenvalue weighted by Crippen LogP contribution is -2.11. The second-order valence-electron chi connectivity index (χ2n) is 5.95. The van der Waals surface area contributed by atoms with E-state index in [1.54, 1.807) is 22.2 Å². The van der Waals surface area contributed by atoms with Gasteiger partial charge in [0.25, 0.3) is 5.91 Å². The molecule has 2 aromatic heterocycles. The number of anilines is 2. The summed E-state index contributed by atoms with van der Waals surface area (Å²) in [6.07, 6.45) is 0. The van der Waals surface area contributed by atoms with Gasteiger partial charge in [-0.15, -0.1) is 11.3 Å². The van der Waals surface area contributed by atoms with E-state index in [0.29, 0.717) is 10.7 Å². The fourth-order valence-corrected chi connectivity index (χ4v) is 4.35. The summed E-state index contributed by atoms with van der Waals surface area (Å²) in [5.74, 6) is -0.215. The Kier molecular flexibility index (Phi) is 5.07. The molecule has 0 aliphatic rings. The first-order valence-corrected chi connectivity index (χ1v) is 10.3. The number of fused-ring (bicyclic) bond motifs is 1. The number of carbonyl (C=O) groups is 1. The van der Waals surface area contributed by atoms with Gasteiger partial charge in [0, 0.05) is 16.1 Å². The van der Waals surface area contributed by atoms with Crippen molar-refractivity contribution in [2.45, 2.75) is 13.0 Å². The Morgan fingerprint density at radius 2 is 2.11 bits per heavy atom. The van der Waals surface area contributed by atoms with Crippen molar-refractivity contribution in [2.75, 3.05) is 10.6 Å². The molecule has 8 heteroatoms. The lowest BCUT2D eigenvalue weighted by Gasteiger charge is -2.13. The Morgan fingerprint density at radius 1 is 1.22 bits per heavy atom. The van der Waals surface area contributed by atoms with Crippen molar-refractivity contribution >= 4 is 61.2 Å². The van der Waals surface area contributed by atoms with Crippen LogP contribution in [0.3, 0.4) is 0 Å². The first kappa shape index (κ1) is 17.9. The minimum Gasteiger partial charge on any atom is -0.355 e. The van der Waals surface area contributed by atoms with Crippen LogP contribution in [0.25, 0.3) is 10.2 Å². The highest BCUT2D eigenvalue weighted by Gasteiger charge is 2.12. The molecule has 27 heavy (non-hydrogen) atoms. The maximum Gasteiger partial charge on any atom is 0.275 e. The standard InChI is InChI=1S/C19H15ClN4OS2/c1-11(12-3-2-4-13(20)7-12)22-19-24-15-6-5-14(8-17(15)27-19)23-18(25)16-9-26-10-21-16/h2-11H,1H3,(H,22,24)(H,23,25). The van der Waals surface area contributed by atoms with Crippen LogP contribution in [0, 0.1) is 0 Å². The van der Waals surface area contributed by atoms with Crippen molar-refractivity contribution in [2.24, 2.45) is 0 Å². The Bertz CT molecular complexity index is 1090. The molecule has 4 rings (SSSR count). The minimum absolute atomic E-state index is 0.0769. The second-order valence-corrected chi connectivity index (χ2v) is 8.14. The Labute approximate surface area is 169 Å². The van der Waals surface area contributed by atoms with E-state index in [4.69, 9.17) is 11.6 Å². The topological polar surface area (TPSA) is 66.9 Å². The van der Waals surface area contributed by atoms with Crippen LogP contribution in [0.2, 0.25) is 5.02 Å². The van der Waals surface area contributed by atoms with E-state index in [9.17, 15) is 4.79 Å². The van der Waals surface area contributed by atoms with Gasteiger partial charge in [-0.25, -0.2) is 9.97 Å². The highest BCUT2D eigenvalue weighted by Crippen LogP contribution is 2.31. The van der Waals surface area contributed by atoms with Gasteiger partial charge in [-0.1, -0.05) is 35.1 Å². The first-order valence-electron chi connectivity index (χ1n) is 8.20. The third-order valence-electron chi connectivity index (χ3n) is 4.00. The van der Waals surface area contributed by atoms with E-state index in [2.05, 4.69) is 27.5 Å². The van der Waals surface area contributed by atoms with Crippen molar-refractivity contribution in [3.63, 3.8) is 0 Å². The monoisotopic (exact) mass is 414 g/mol. The largest absolute Gasteiger partial charge is 0.355 e.